The number of hydrogen-bond donors (Lipinski definition) is 1. The van der Waals surface area contributed by atoms with Gasteiger partial charge in [0.1, 0.15) is 0 Å². The minimum atomic E-state index is -0.00408. The average Bonchev–Trinajstić information content (AvgIpc) is 2.72. The third-order valence-corrected chi connectivity index (χ3v) is 3.41. The quantitative estimate of drug-likeness (QED) is 0.840. The second-order valence-corrected chi connectivity index (χ2v) is 4.46. The molecule has 1 N–H and O–H groups in total. The summed E-state index contributed by atoms with van der Waals surface area (Å²) in [5, 5.41) is 3.36. The minimum Gasteiger partial charge on any atom is -0.372 e. The van der Waals surface area contributed by atoms with Crippen molar-refractivity contribution in [2.75, 3.05) is 29.4 Å². The van der Waals surface area contributed by atoms with E-state index in [0.29, 0.717) is 5.11 Å². The van der Waals surface area contributed by atoms with E-state index in [9.17, 15) is 4.79 Å². The van der Waals surface area contributed by atoms with Gasteiger partial charge < -0.3 is 10.2 Å². The Bertz CT molecular complexity index is 438. The fourth-order valence-corrected chi connectivity index (χ4v) is 2.36. The van der Waals surface area contributed by atoms with E-state index in [-0.39, 0.29) is 12.5 Å². The van der Waals surface area contributed by atoms with Gasteiger partial charge in [-0.25, -0.2) is 0 Å². The van der Waals surface area contributed by atoms with Crippen molar-refractivity contribution in [3.8, 4) is 0 Å². The number of nitrogens with zero attached hydrogens (tertiary/aromatic N) is 2. The molecule has 0 atom stereocenters. The lowest BCUT2D eigenvalue weighted by molar-refractivity contribution is -0.115. The molecule has 0 bridgehead atoms. The molecule has 2 rings (SSSR count). The van der Waals surface area contributed by atoms with Crippen molar-refractivity contribution in [1.29, 1.82) is 0 Å². The number of amides is 1. The molecule has 5 heteroatoms. The Morgan fingerprint density at radius 3 is 2.33 bits per heavy atom. The molecule has 0 aromatic heterocycles. The van der Waals surface area contributed by atoms with Crippen LogP contribution in [0.15, 0.2) is 24.3 Å². The zero-order chi connectivity index (χ0) is 13.1. The second-order valence-electron chi connectivity index (χ2n) is 4.08. The Morgan fingerprint density at radius 2 is 1.89 bits per heavy atom. The molecule has 1 heterocycles. The molecule has 0 spiro atoms. The molecule has 1 aliphatic rings. The predicted molar refractivity (Wildman–Crippen MR) is 78.1 cm³/mol. The van der Waals surface area contributed by atoms with Crippen molar-refractivity contribution in [2.24, 2.45) is 0 Å². The van der Waals surface area contributed by atoms with E-state index >= 15 is 0 Å². The smallest absolute Gasteiger partial charge is 0.252 e. The van der Waals surface area contributed by atoms with Gasteiger partial charge in [0.15, 0.2) is 5.11 Å². The van der Waals surface area contributed by atoms with Gasteiger partial charge in [-0.2, -0.15) is 0 Å². The molecule has 1 aromatic rings. The Labute approximate surface area is 113 Å². The predicted octanol–water partition coefficient (Wildman–Crippen LogP) is 1.75. The summed E-state index contributed by atoms with van der Waals surface area (Å²) in [6.07, 6.45) is 0. The number of carbonyl (C=O) groups excluding carboxylic acids is 1. The molecular weight excluding hydrogens is 246 g/mol. The molecule has 4 nitrogen and oxygen atoms in total. The lowest BCUT2D eigenvalue weighted by Crippen LogP contribution is -2.30. The Hall–Kier alpha value is -1.62. The Balaban J connectivity index is 2.22. The van der Waals surface area contributed by atoms with Gasteiger partial charge in [-0.1, -0.05) is 0 Å². The minimum absolute atomic E-state index is 0.00408. The van der Waals surface area contributed by atoms with Crippen LogP contribution < -0.4 is 15.1 Å². The molecule has 0 saturated carbocycles. The number of carbonyl (C=O) groups is 1. The summed E-state index contributed by atoms with van der Waals surface area (Å²) in [4.78, 5) is 15.5. The van der Waals surface area contributed by atoms with Crippen LogP contribution in [0.5, 0.6) is 0 Å². The van der Waals surface area contributed by atoms with Crippen LogP contribution in [0.3, 0.4) is 0 Å². The summed E-state index contributed by atoms with van der Waals surface area (Å²) in [6.45, 7) is 6.48. The van der Waals surface area contributed by atoms with Crippen LogP contribution >= 0.6 is 12.2 Å². The van der Waals surface area contributed by atoms with Gasteiger partial charge >= 0.3 is 0 Å². The average molecular weight is 263 g/mol. The van der Waals surface area contributed by atoms with Crippen molar-refractivity contribution in [3.05, 3.63) is 24.3 Å². The van der Waals surface area contributed by atoms with Crippen molar-refractivity contribution in [1.82, 2.24) is 5.32 Å². The summed E-state index contributed by atoms with van der Waals surface area (Å²) < 4.78 is 0. The van der Waals surface area contributed by atoms with Crippen LogP contribution in [0, 0.1) is 0 Å². The van der Waals surface area contributed by atoms with E-state index in [4.69, 9.17) is 12.2 Å². The molecule has 96 valence electrons. The van der Waals surface area contributed by atoms with Crippen molar-refractivity contribution in [2.45, 2.75) is 13.8 Å². The number of thiocarbonyl (C=S) groups is 1. The highest BCUT2D eigenvalue weighted by molar-refractivity contribution is 7.80. The maximum Gasteiger partial charge on any atom is 0.252 e. The third-order valence-electron chi connectivity index (χ3n) is 3.08. The van der Waals surface area contributed by atoms with E-state index in [2.05, 4.69) is 24.1 Å². The largest absolute Gasteiger partial charge is 0.372 e. The number of anilines is 2. The van der Waals surface area contributed by atoms with Gasteiger partial charge in [-0.15, -0.1) is 0 Å². The van der Waals surface area contributed by atoms with E-state index in [1.54, 1.807) is 4.90 Å². The standard InChI is InChI=1S/C13H17N3OS/c1-3-15(4-2)10-5-7-11(8-6-10)16-12(17)9-14-13(16)18/h5-8H,3-4,9H2,1-2H3,(H,14,18). The number of rotatable bonds is 4. The van der Waals surface area contributed by atoms with Crippen LogP contribution in [0.4, 0.5) is 11.4 Å². The van der Waals surface area contributed by atoms with Gasteiger partial charge in [0.05, 0.1) is 12.2 Å². The molecule has 1 aromatic carbocycles. The summed E-state index contributed by atoms with van der Waals surface area (Å²) in [5.41, 5.74) is 1.99. The number of nitrogens with one attached hydrogen (secondary N) is 1. The molecule has 1 amide bonds. The normalized spacial score (nSPS) is 14.9. The highest BCUT2D eigenvalue weighted by Crippen LogP contribution is 2.22. The Kier molecular flexibility index (Phi) is 3.81. The molecule has 1 aliphatic heterocycles. The van der Waals surface area contributed by atoms with Crippen LogP contribution in [0.25, 0.3) is 0 Å². The first kappa shape index (κ1) is 12.8. The van der Waals surface area contributed by atoms with Gasteiger partial charge in [0.2, 0.25) is 0 Å². The van der Waals surface area contributed by atoms with Gasteiger partial charge in [0, 0.05) is 18.8 Å². The van der Waals surface area contributed by atoms with Gasteiger partial charge in [-0.3, -0.25) is 9.69 Å². The first-order chi connectivity index (χ1) is 8.67. The molecule has 1 saturated heterocycles. The van der Waals surface area contributed by atoms with Crippen molar-refractivity contribution in [3.63, 3.8) is 0 Å². The van der Waals surface area contributed by atoms with Crippen LogP contribution in [-0.2, 0) is 4.79 Å². The summed E-state index contributed by atoms with van der Waals surface area (Å²) in [6, 6.07) is 7.92. The summed E-state index contributed by atoms with van der Waals surface area (Å²) in [5.74, 6) is -0.00408. The van der Waals surface area contributed by atoms with E-state index in [0.717, 1.165) is 24.5 Å². The summed E-state index contributed by atoms with van der Waals surface area (Å²) in [7, 11) is 0. The van der Waals surface area contributed by atoms with Crippen molar-refractivity contribution >= 4 is 34.6 Å². The first-order valence-corrected chi connectivity index (χ1v) is 6.54. The SMILES string of the molecule is CCN(CC)c1ccc(N2C(=O)CNC2=S)cc1. The summed E-state index contributed by atoms with van der Waals surface area (Å²) >= 11 is 5.11. The van der Waals surface area contributed by atoms with Gasteiger partial charge in [-0.05, 0) is 50.3 Å². The third kappa shape index (κ3) is 2.31. The van der Waals surface area contributed by atoms with E-state index in [1.807, 2.05) is 24.3 Å². The molecule has 18 heavy (non-hydrogen) atoms. The van der Waals surface area contributed by atoms with E-state index in [1.165, 1.54) is 0 Å². The number of hydrogen-bond acceptors (Lipinski definition) is 3. The van der Waals surface area contributed by atoms with Crippen molar-refractivity contribution < 1.29 is 4.79 Å². The fourth-order valence-electron chi connectivity index (χ4n) is 2.09. The maximum atomic E-state index is 11.7. The highest BCUT2D eigenvalue weighted by atomic mass is 32.1. The molecule has 0 radical (unpaired) electrons. The monoisotopic (exact) mass is 263 g/mol. The lowest BCUT2D eigenvalue weighted by atomic mass is 10.2. The molecular formula is C13H17N3OS. The van der Waals surface area contributed by atoms with Gasteiger partial charge in [0.25, 0.3) is 5.91 Å². The van der Waals surface area contributed by atoms with E-state index < -0.39 is 0 Å². The fraction of sp³-hybridized carbons (Fsp3) is 0.385. The first-order valence-electron chi connectivity index (χ1n) is 6.13. The molecule has 1 fully saturated rings. The zero-order valence-corrected chi connectivity index (χ0v) is 11.5. The van der Waals surface area contributed by atoms with Crippen LogP contribution in [0.1, 0.15) is 13.8 Å². The highest BCUT2D eigenvalue weighted by Gasteiger charge is 2.26. The number of benzene rings is 1. The topological polar surface area (TPSA) is 35.6 Å². The lowest BCUT2D eigenvalue weighted by Gasteiger charge is -2.22. The second kappa shape index (κ2) is 5.35. The maximum absolute atomic E-state index is 11.7. The Morgan fingerprint density at radius 1 is 1.28 bits per heavy atom. The van der Waals surface area contributed by atoms with Crippen LogP contribution in [0.2, 0.25) is 0 Å². The van der Waals surface area contributed by atoms with Crippen LogP contribution in [-0.4, -0.2) is 30.7 Å². The molecule has 0 aliphatic carbocycles. The zero-order valence-electron chi connectivity index (χ0n) is 10.6. The molecule has 0 unspecified atom stereocenters.